The topological polar surface area (TPSA) is 38.5 Å². The predicted molar refractivity (Wildman–Crippen MR) is 69.6 cm³/mol. The second-order valence-electron chi connectivity index (χ2n) is 5.02. The molecule has 1 heterocycles. The number of nitrogens with zero attached hydrogens (tertiary/aromatic N) is 1. The average Bonchev–Trinajstić information content (AvgIpc) is 2.38. The summed E-state index contributed by atoms with van der Waals surface area (Å²) in [7, 11) is 1.70. The van der Waals surface area contributed by atoms with Crippen molar-refractivity contribution in [3.63, 3.8) is 0 Å². The van der Waals surface area contributed by atoms with Crippen molar-refractivity contribution in [3.05, 3.63) is 35.4 Å². The Bertz CT molecular complexity index is 408. The van der Waals surface area contributed by atoms with Crippen LogP contribution >= 0.6 is 0 Å². The third-order valence-corrected chi connectivity index (χ3v) is 3.70. The van der Waals surface area contributed by atoms with Gasteiger partial charge in [-0.05, 0) is 30.5 Å². The van der Waals surface area contributed by atoms with Crippen LogP contribution in [0.4, 0.5) is 8.78 Å². The van der Waals surface area contributed by atoms with Crippen molar-refractivity contribution in [1.82, 2.24) is 4.90 Å². The first-order valence-corrected chi connectivity index (χ1v) is 6.54. The molecule has 2 rings (SSSR count). The lowest BCUT2D eigenvalue weighted by Gasteiger charge is -2.38. The van der Waals surface area contributed by atoms with Crippen LogP contribution in [0.2, 0.25) is 0 Å². The summed E-state index contributed by atoms with van der Waals surface area (Å²) >= 11 is 0. The Morgan fingerprint density at radius 1 is 1.32 bits per heavy atom. The molecule has 0 amide bonds. The lowest BCUT2D eigenvalue weighted by Crippen LogP contribution is -2.47. The molecular weight excluding hydrogens is 250 g/mol. The zero-order valence-corrected chi connectivity index (χ0v) is 11.1. The van der Waals surface area contributed by atoms with Crippen molar-refractivity contribution in [2.45, 2.75) is 31.5 Å². The first kappa shape index (κ1) is 14.4. The van der Waals surface area contributed by atoms with E-state index in [1.807, 2.05) is 0 Å². The van der Waals surface area contributed by atoms with E-state index >= 15 is 0 Å². The van der Waals surface area contributed by atoms with E-state index in [2.05, 4.69) is 4.90 Å². The summed E-state index contributed by atoms with van der Waals surface area (Å²) in [5, 5.41) is 0. The summed E-state index contributed by atoms with van der Waals surface area (Å²) < 4.78 is 31.7. The number of piperidine rings is 1. The van der Waals surface area contributed by atoms with E-state index in [1.54, 1.807) is 7.11 Å². The highest BCUT2D eigenvalue weighted by atomic mass is 19.1. The van der Waals surface area contributed by atoms with E-state index in [-0.39, 0.29) is 12.1 Å². The normalized spacial score (nSPS) is 24.6. The molecule has 1 aliphatic heterocycles. The van der Waals surface area contributed by atoms with Crippen molar-refractivity contribution < 1.29 is 13.5 Å². The molecule has 2 N–H and O–H groups in total. The highest BCUT2D eigenvalue weighted by molar-refractivity contribution is 5.18. The molecule has 0 spiro atoms. The van der Waals surface area contributed by atoms with E-state index in [0.717, 1.165) is 25.5 Å². The minimum absolute atomic E-state index is 0.199. The van der Waals surface area contributed by atoms with Crippen LogP contribution in [0.15, 0.2) is 18.2 Å². The Hall–Kier alpha value is -1.04. The van der Waals surface area contributed by atoms with Gasteiger partial charge in [0.25, 0.3) is 0 Å². The zero-order valence-electron chi connectivity index (χ0n) is 11.1. The Balaban J connectivity index is 2.05. The fourth-order valence-corrected chi connectivity index (χ4v) is 2.67. The lowest BCUT2D eigenvalue weighted by atomic mass is 9.98. The van der Waals surface area contributed by atoms with Gasteiger partial charge in [-0.1, -0.05) is 0 Å². The van der Waals surface area contributed by atoms with E-state index in [9.17, 15) is 8.78 Å². The van der Waals surface area contributed by atoms with Crippen molar-refractivity contribution in [3.8, 4) is 0 Å². The number of likely N-dealkylation sites (tertiary alicyclic amines) is 1. The van der Waals surface area contributed by atoms with E-state index < -0.39 is 11.6 Å². The highest BCUT2D eigenvalue weighted by Gasteiger charge is 2.27. The molecular formula is C14H20F2N2O. The van der Waals surface area contributed by atoms with Gasteiger partial charge >= 0.3 is 0 Å². The molecule has 0 bridgehead atoms. The Morgan fingerprint density at radius 2 is 2.00 bits per heavy atom. The molecule has 0 aliphatic carbocycles. The molecule has 0 saturated carbocycles. The highest BCUT2D eigenvalue weighted by Crippen LogP contribution is 2.21. The molecule has 2 atom stereocenters. The molecule has 1 aromatic rings. The molecule has 1 fully saturated rings. The number of halogens is 2. The minimum Gasteiger partial charge on any atom is -0.381 e. The zero-order chi connectivity index (χ0) is 13.8. The molecule has 3 nitrogen and oxygen atoms in total. The van der Waals surface area contributed by atoms with Gasteiger partial charge in [-0.3, -0.25) is 4.90 Å². The summed E-state index contributed by atoms with van der Waals surface area (Å²) in [5.41, 5.74) is 6.42. The molecule has 1 saturated heterocycles. The second kappa shape index (κ2) is 6.41. The van der Waals surface area contributed by atoms with Gasteiger partial charge in [0.2, 0.25) is 0 Å². The number of ether oxygens (including phenoxy) is 1. The van der Waals surface area contributed by atoms with Crippen LogP contribution in [0.5, 0.6) is 0 Å². The standard InChI is InChI=1S/C14H20F2N2O/c1-19-14-2-3-18(13(7-14)8-17)9-10-4-11(15)6-12(16)5-10/h4-6,13-14H,2-3,7-9,17H2,1H3. The number of benzene rings is 1. The first-order valence-electron chi connectivity index (χ1n) is 6.54. The van der Waals surface area contributed by atoms with Crippen LogP contribution in [0, 0.1) is 11.6 Å². The Morgan fingerprint density at radius 3 is 2.58 bits per heavy atom. The van der Waals surface area contributed by atoms with Crippen molar-refractivity contribution in [2.75, 3.05) is 20.2 Å². The molecule has 2 unspecified atom stereocenters. The third-order valence-electron chi connectivity index (χ3n) is 3.70. The number of hydrogen-bond donors (Lipinski definition) is 1. The molecule has 19 heavy (non-hydrogen) atoms. The average molecular weight is 270 g/mol. The van der Waals surface area contributed by atoms with E-state index in [4.69, 9.17) is 10.5 Å². The maximum Gasteiger partial charge on any atom is 0.126 e. The maximum atomic E-state index is 13.2. The third kappa shape index (κ3) is 3.72. The molecule has 5 heteroatoms. The summed E-state index contributed by atoms with van der Waals surface area (Å²) in [6.07, 6.45) is 2.02. The molecule has 1 aliphatic rings. The van der Waals surface area contributed by atoms with E-state index in [1.165, 1.54) is 12.1 Å². The van der Waals surface area contributed by atoms with Crippen molar-refractivity contribution in [1.29, 1.82) is 0 Å². The van der Waals surface area contributed by atoms with Gasteiger partial charge in [0.15, 0.2) is 0 Å². The summed E-state index contributed by atoms with van der Waals surface area (Å²) in [6.45, 7) is 1.88. The SMILES string of the molecule is COC1CCN(Cc2cc(F)cc(F)c2)C(CN)C1. The summed E-state index contributed by atoms with van der Waals surface area (Å²) in [5.74, 6) is -1.07. The van der Waals surface area contributed by atoms with Crippen molar-refractivity contribution in [2.24, 2.45) is 5.73 Å². The molecule has 0 radical (unpaired) electrons. The van der Waals surface area contributed by atoms with Gasteiger partial charge in [-0.25, -0.2) is 8.78 Å². The van der Waals surface area contributed by atoms with Crippen LogP contribution < -0.4 is 5.73 Å². The van der Waals surface area contributed by atoms with Crippen LogP contribution in [0.25, 0.3) is 0 Å². The fourth-order valence-electron chi connectivity index (χ4n) is 2.67. The summed E-state index contributed by atoms with van der Waals surface area (Å²) in [6, 6.07) is 3.84. The van der Waals surface area contributed by atoms with Crippen LogP contribution in [0.1, 0.15) is 18.4 Å². The van der Waals surface area contributed by atoms with Gasteiger partial charge in [-0.15, -0.1) is 0 Å². The van der Waals surface area contributed by atoms with Crippen LogP contribution in [0.3, 0.4) is 0 Å². The smallest absolute Gasteiger partial charge is 0.126 e. The van der Waals surface area contributed by atoms with Gasteiger partial charge in [0.1, 0.15) is 11.6 Å². The van der Waals surface area contributed by atoms with Crippen LogP contribution in [-0.2, 0) is 11.3 Å². The van der Waals surface area contributed by atoms with E-state index in [0.29, 0.717) is 18.7 Å². The lowest BCUT2D eigenvalue weighted by molar-refractivity contribution is 0.0102. The first-order chi connectivity index (χ1) is 9.12. The predicted octanol–water partition coefficient (Wildman–Crippen LogP) is 1.90. The van der Waals surface area contributed by atoms with Gasteiger partial charge in [0, 0.05) is 38.9 Å². The summed E-state index contributed by atoms with van der Waals surface area (Å²) in [4.78, 5) is 2.17. The molecule has 106 valence electrons. The fraction of sp³-hybridized carbons (Fsp3) is 0.571. The second-order valence-corrected chi connectivity index (χ2v) is 5.02. The number of hydrogen-bond acceptors (Lipinski definition) is 3. The quantitative estimate of drug-likeness (QED) is 0.908. The maximum absolute atomic E-state index is 13.2. The number of methoxy groups -OCH3 is 1. The largest absolute Gasteiger partial charge is 0.381 e. The van der Waals surface area contributed by atoms with Gasteiger partial charge < -0.3 is 10.5 Å². The van der Waals surface area contributed by atoms with Gasteiger partial charge in [-0.2, -0.15) is 0 Å². The molecule has 1 aromatic carbocycles. The van der Waals surface area contributed by atoms with Crippen molar-refractivity contribution >= 4 is 0 Å². The number of nitrogens with two attached hydrogens (primary N) is 1. The molecule has 0 aromatic heterocycles. The van der Waals surface area contributed by atoms with Crippen LogP contribution in [-0.4, -0.2) is 37.2 Å². The van der Waals surface area contributed by atoms with Gasteiger partial charge in [0.05, 0.1) is 6.10 Å². The Kier molecular flexibility index (Phi) is 4.85. The monoisotopic (exact) mass is 270 g/mol. The Labute approximate surface area is 112 Å². The number of rotatable bonds is 4. The minimum atomic E-state index is -0.536.